The average molecular weight is 340 g/mol. The van der Waals surface area contributed by atoms with Gasteiger partial charge in [-0.3, -0.25) is 10.1 Å². The molecule has 0 aliphatic heterocycles. The Labute approximate surface area is 126 Å². The van der Waals surface area contributed by atoms with E-state index in [2.05, 4.69) is 4.98 Å². The van der Waals surface area contributed by atoms with E-state index in [0.29, 0.717) is 4.88 Å². The SMILES string of the molecule is O=[N+]([O-])c1cc(Cl)ccc1Oc1nc(Cl)c(CCl)s1. The number of rotatable bonds is 4. The van der Waals surface area contributed by atoms with Crippen LogP contribution in [0.3, 0.4) is 0 Å². The number of nitrogens with zero attached hydrogens (tertiary/aromatic N) is 2. The van der Waals surface area contributed by atoms with Crippen LogP contribution in [0.25, 0.3) is 0 Å². The van der Waals surface area contributed by atoms with Crippen LogP contribution in [0, 0.1) is 10.1 Å². The maximum absolute atomic E-state index is 10.9. The fourth-order valence-corrected chi connectivity index (χ4v) is 2.75. The summed E-state index contributed by atoms with van der Waals surface area (Å²) in [6.45, 7) is 0. The van der Waals surface area contributed by atoms with E-state index in [1.807, 2.05) is 0 Å². The Balaban J connectivity index is 2.34. The van der Waals surface area contributed by atoms with Gasteiger partial charge in [-0.15, -0.1) is 11.6 Å². The molecule has 19 heavy (non-hydrogen) atoms. The molecule has 0 atom stereocenters. The molecule has 0 aliphatic carbocycles. The fraction of sp³-hybridized carbons (Fsp3) is 0.100. The molecule has 0 unspecified atom stereocenters. The first kappa shape index (κ1) is 14.3. The summed E-state index contributed by atoms with van der Waals surface area (Å²) in [5.41, 5.74) is -0.244. The molecule has 2 rings (SSSR count). The second-order valence-electron chi connectivity index (χ2n) is 3.30. The Morgan fingerprint density at radius 2 is 2.16 bits per heavy atom. The molecular formula is C10H5Cl3N2O3S. The van der Waals surface area contributed by atoms with Gasteiger partial charge in [0.25, 0.3) is 5.19 Å². The van der Waals surface area contributed by atoms with E-state index >= 15 is 0 Å². The summed E-state index contributed by atoms with van der Waals surface area (Å²) in [5, 5.41) is 11.6. The predicted octanol–water partition coefficient (Wildman–Crippen LogP) is 4.89. The molecule has 0 saturated heterocycles. The number of hydrogen-bond acceptors (Lipinski definition) is 5. The Morgan fingerprint density at radius 1 is 1.42 bits per heavy atom. The van der Waals surface area contributed by atoms with Crippen LogP contribution in [0.2, 0.25) is 10.2 Å². The van der Waals surface area contributed by atoms with Gasteiger partial charge in [-0.1, -0.05) is 34.5 Å². The molecule has 0 saturated carbocycles. The maximum Gasteiger partial charge on any atom is 0.313 e. The second kappa shape index (κ2) is 5.92. The van der Waals surface area contributed by atoms with Gasteiger partial charge in [0.1, 0.15) is 5.15 Å². The lowest BCUT2D eigenvalue weighted by molar-refractivity contribution is -0.385. The smallest absolute Gasteiger partial charge is 0.313 e. The lowest BCUT2D eigenvalue weighted by Gasteiger charge is -2.02. The summed E-state index contributed by atoms with van der Waals surface area (Å²) in [7, 11) is 0. The first-order chi connectivity index (χ1) is 9.01. The summed E-state index contributed by atoms with van der Waals surface area (Å²) < 4.78 is 5.35. The Bertz CT molecular complexity index is 632. The van der Waals surface area contributed by atoms with Crippen molar-refractivity contribution in [1.29, 1.82) is 0 Å². The van der Waals surface area contributed by atoms with Gasteiger partial charge in [-0.2, -0.15) is 4.98 Å². The average Bonchev–Trinajstić information content (AvgIpc) is 2.71. The Kier molecular flexibility index (Phi) is 4.46. The summed E-state index contributed by atoms with van der Waals surface area (Å²) >= 11 is 18.3. The molecule has 0 N–H and O–H groups in total. The highest BCUT2D eigenvalue weighted by Crippen LogP contribution is 2.37. The maximum atomic E-state index is 10.9. The van der Waals surface area contributed by atoms with Crippen molar-refractivity contribution < 1.29 is 9.66 Å². The zero-order valence-electron chi connectivity index (χ0n) is 9.10. The minimum atomic E-state index is -0.584. The van der Waals surface area contributed by atoms with Crippen molar-refractivity contribution in [1.82, 2.24) is 4.98 Å². The van der Waals surface area contributed by atoms with Gasteiger partial charge in [0, 0.05) is 11.1 Å². The number of nitro benzene ring substituents is 1. The molecule has 0 fully saturated rings. The van der Waals surface area contributed by atoms with Crippen LogP contribution in [0.15, 0.2) is 18.2 Å². The molecular weight excluding hydrogens is 335 g/mol. The van der Waals surface area contributed by atoms with Gasteiger partial charge < -0.3 is 4.74 Å². The van der Waals surface area contributed by atoms with Crippen LogP contribution >= 0.6 is 46.1 Å². The molecule has 2 aromatic rings. The van der Waals surface area contributed by atoms with Gasteiger partial charge in [0.05, 0.1) is 15.7 Å². The molecule has 1 heterocycles. The number of nitro groups is 1. The summed E-state index contributed by atoms with van der Waals surface area (Å²) in [5.74, 6) is 0.240. The molecule has 0 radical (unpaired) electrons. The van der Waals surface area contributed by atoms with Crippen molar-refractivity contribution in [2.75, 3.05) is 0 Å². The van der Waals surface area contributed by atoms with Crippen LogP contribution in [-0.2, 0) is 5.88 Å². The second-order valence-corrected chi connectivity index (χ2v) is 5.41. The minimum absolute atomic E-state index is 0.0425. The van der Waals surface area contributed by atoms with E-state index in [1.165, 1.54) is 18.2 Å². The fourth-order valence-electron chi connectivity index (χ4n) is 1.25. The highest BCUT2D eigenvalue weighted by molar-refractivity contribution is 7.14. The lowest BCUT2D eigenvalue weighted by Crippen LogP contribution is -1.93. The topological polar surface area (TPSA) is 65.3 Å². The standard InChI is InChI=1S/C10H5Cl3N2O3S/c11-4-8-9(13)14-10(19-8)18-7-2-1-5(12)3-6(7)15(16)17/h1-3H,4H2. The van der Waals surface area contributed by atoms with Crippen molar-refractivity contribution in [2.24, 2.45) is 0 Å². The van der Waals surface area contributed by atoms with Gasteiger partial charge in [-0.05, 0) is 12.1 Å². The van der Waals surface area contributed by atoms with E-state index in [1.54, 1.807) is 0 Å². The summed E-state index contributed by atoms with van der Waals surface area (Å²) in [6.07, 6.45) is 0. The number of alkyl halides is 1. The first-order valence-electron chi connectivity index (χ1n) is 4.84. The third-order valence-corrected chi connectivity index (χ3v) is 4.09. The monoisotopic (exact) mass is 338 g/mol. The molecule has 0 amide bonds. The van der Waals surface area contributed by atoms with Crippen LogP contribution in [0.1, 0.15) is 4.88 Å². The number of halogens is 3. The number of aromatic nitrogens is 1. The van der Waals surface area contributed by atoms with Gasteiger partial charge in [0.2, 0.25) is 5.75 Å². The molecule has 1 aromatic heterocycles. The zero-order valence-corrected chi connectivity index (χ0v) is 12.2. The van der Waals surface area contributed by atoms with E-state index in [0.717, 1.165) is 11.3 Å². The highest BCUT2D eigenvalue weighted by Gasteiger charge is 2.18. The quantitative estimate of drug-likeness (QED) is 0.452. The Hall–Kier alpha value is -1.08. The van der Waals surface area contributed by atoms with Crippen molar-refractivity contribution in [3.05, 3.63) is 43.4 Å². The molecule has 1 aromatic carbocycles. The summed E-state index contributed by atoms with van der Waals surface area (Å²) in [4.78, 5) is 14.9. The minimum Gasteiger partial charge on any atom is -0.423 e. The van der Waals surface area contributed by atoms with E-state index < -0.39 is 4.92 Å². The van der Waals surface area contributed by atoms with E-state index in [9.17, 15) is 10.1 Å². The molecule has 5 nitrogen and oxygen atoms in total. The first-order valence-corrected chi connectivity index (χ1v) is 6.95. The normalized spacial score (nSPS) is 10.5. The molecule has 0 spiro atoms. The van der Waals surface area contributed by atoms with Crippen molar-refractivity contribution in [3.63, 3.8) is 0 Å². The van der Waals surface area contributed by atoms with Crippen molar-refractivity contribution in [3.8, 4) is 10.9 Å². The largest absolute Gasteiger partial charge is 0.423 e. The Morgan fingerprint density at radius 3 is 2.74 bits per heavy atom. The van der Waals surface area contributed by atoms with Gasteiger partial charge >= 0.3 is 5.69 Å². The third kappa shape index (κ3) is 3.27. The van der Waals surface area contributed by atoms with Gasteiger partial charge in [0.15, 0.2) is 0 Å². The van der Waals surface area contributed by atoms with Gasteiger partial charge in [-0.25, -0.2) is 0 Å². The van der Waals surface area contributed by atoms with Crippen molar-refractivity contribution in [2.45, 2.75) is 5.88 Å². The molecule has 9 heteroatoms. The van der Waals surface area contributed by atoms with Crippen LogP contribution in [0.4, 0.5) is 5.69 Å². The van der Waals surface area contributed by atoms with Crippen LogP contribution in [-0.4, -0.2) is 9.91 Å². The highest BCUT2D eigenvalue weighted by atomic mass is 35.5. The number of benzene rings is 1. The number of thiazole rings is 1. The molecule has 100 valence electrons. The third-order valence-electron chi connectivity index (χ3n) is 2.07. The number of ether oxygens (including phenoxy) is 1. The lowest BCUT2D eigenvalue weighted by atomic mass is 10.3. The molecule has 0 bridgehead atoms. The van der Waals surface area contributed by atoms with Crippen molar-refractivity contribution >= 4 is 51.8 Å². The molecule has 0 aliphatic rings. The van der Waals surface area contributed by atoms with E-state index in [4.69, 9.17) is 39.5 Å². The van der Waals surface area contributed by atoms with Crippen LogP contribution < -0.4 is 4.74 Å². The van der Waals surface area contributed by atoms with Crippen LogP contribution in [0.5, 0.6) is 10.9 Å². The predicted molar refractivity (Wildman–Crippen MR) is 74.9 cm³/mol. The number of hydrogen-bond donors (Lipinski definition) is 0. The zero-order chi connectivity index (χ0) is 14.0. The van der Waals surface area contributed by atoms with E-state index in [-0.39, 0.29) is 32.7 Å². The summed E-state index contributed by atoms with van der Waals surface area (Å²) in [6, 6.07) is 4.09.